The minimum Gasteiger partial charge on any atom is -0.357 e. The van der Waals surface area contributed by atoms with Crippen molar-refractivity contribution >= 4 is 17.7 Å². The zero-order chi connectivity index (χ0) is 15.8. The van der Waals surface area contributed by atoms with Crippen LogP contribution in [0.1, 0.15) is 39.4 Å². The van der Waals surface area contributed by atoms with Gasteiger partial charge in [0.25, 0.3) is 0 Å². The lowest BCUT2D eigenvalue weighted by Gasteiger charge is -2.21. The van der Waals surface area contributed by atoms with E-state index < -0.39 is 0 Å². The molecular weight excluding hydrogens is 296 g/mol. The van der Waals surface area contributed by atoms with Crippen LogP contribution in [0.15, 0.2) is 11.3 Å². The summed E-state index contributed by atoms with van der Waals surface area (Å²) in [5.41, 5.74) is 0. The van der Waals surface area contributed by atoms with Gasteiger partial charge in [0, 0.05) is 30.8 Å². The maximum atomic E-state index is 4.76. The van der Waals surface area contributed by atoms with Crippen LogP contribution < -0.4 is 10.6 Å². The Morgan fingerprint density at radius 1 is 1.45 bits per heavy atom. The number of aryl methyl sites for hydroxylation is 1. The van der Waals surface area contributed by atoms with E-state index in [0.29, 0.717) is 4.75 Å². The second-order valence-corrected chi connectivity index (χ2v) is 7.50. The molecule has 1 aliphatic heterocycles. The van der Waals surface area contributed by atoms with Gasteiger partial charge in [0.15, 0.2) is 5.96 Å². The third kappa shape index (κ3) is 4.90. The summed E-state index contributed by atoms with van der Waals surface area (Å²) in [4.78, 5) is 4.76. The van der Waals surface area contributed by atoms with Crippen LogP contribution in [-0.4, -0.2) is 50.9 Å². The van der Waals surface area contributed by atoms with Crippen LogP contribution in [0.4, 0.5) is 0 Å². The summed E-state index contributed by atoms with van der Waals surface area (Å²) < 4.78 is 2.40. The lowest BCUT2D eigenvalue weighted by Crippen LogP contribution is -2.40. The zero-order valence-corrected chi connectivity index (χ0v) is 14.7. The van der Waals surface area contributed by atoms with Crippen molar-refractivity contribution in [2.24, 2.45) is 4.99 Å². The summed E-state index contributed by atoms with van der Waals surface area (Å²) in [5, 5.41) is 14.8. The predicted octanol–water partition coefficient (Wildman–Crippen LogP) is 1.68. The standard InChI is InChI=1S/C15H28N6S/c1-4-13-20-19-12-21(13)9-8-17-14(16-5-2)18-11-15(3)7-6-10-22-15/h12H,4-11H2,1-3H3,(H2,16,17,18). The van der Waals surface area contributed by atoms with E-state index in [1.54, 1.807) is 6.33 Å². The predicted molar refractivity (Wildman–Crippen MR) is 93.5 cm³/mol. The molecule has 0 radical (unpaired) electrons. The molecule has 2 rings (SSSR count). The molecule has 1 aromatic rings. The molecule has 22 heavy (non-hydrogen) atoms. The normalized spacial score (nSPS) is 22.0. The van der Waals surface area contributed by atoms with Crippen LogP contribution in [-0.2, 0) is 13.0 Å². The number of thioether (sulfide) groups is 1. The fourth-order valence-electron chi connectivity index (χ4n) is 2.58. The summed E-state index contributed by atoms with van der Waals surface area (Å²) in [6.07, 6.45) is 5.28. The molecule has 1 unspecified atom stereocenters. The zero-order valence-electron chi connectivity index (χ0n) is 13.9. The van der Waals surface area contributed by atoms with E-state index >= 15 is 0 Å². The third-order valence-electron chi connectivity index (χ3n) is 3.87. The Labute approximate surface area is 137 Å². The highest BCUT2D eigenvalue weighted by molar-refractivity contribution is 8.00. The summed E-state index contributed by atoms with van der Waals surface area (Å²) in [5.74, 6) is 3.20. The van der Waals surface area contributed by atoms with Crippen molar-refractivity contribution in [2.75, 3.05) is 25.4 Å². The molecule has 7 heteroatoms. The van der Waals surface area contributed by atoms with Crippen molar-refractivity contribution < 1.29 is 0 Å². The van der Waals surface area contributed by atoms with Crippen LogP contribution in [0, 0.1) is 0 Å². The van der Waals surface area contributed by atoms with Crippen molar-refractivity contribution in [2.45, 2.75) is 51.3 Å². The highest BCUT2D eigenvalue weighted by Crippen LogP contribution is 2.37. The van der Waals surface area contributed by atoms with Crippen molar-refractivity contribution in [3.8, 4) is 0 Å². The smallest absolute Gasteiger partial charge is 0.191 e. The second-order valence-electron chi connectivity index (χ2n) is 5.82. The average molecular weight is 324 g/mol. The average Bonchev–Trinajstić information content (AvgIpc) is 3.14. The quantitative estimate of drug-likeness (QED) is 0.590. The number of nitrogens with zero attached hydrogens (tertiary/aromatic N) is 4. The van der Waals surface area contributed by atoms with Gasteiger partial charge in [-0.25, -0.2) is 0 Å². The number of hydrogen-bond donors (Lipinski definition) is 2. The van der Waals surface area contributed by atoms with Gasteiger partial charge >= 0.3 is 0 Å². The molecule has 1 fully saturated rings. The Morgan fingerprint density at radius 2 is 2.32 bits per heavy atom. The third-order valence-corrected chi connectivity index (χ3v) is 5.40. The number of guanidine groups is 1. The number of aromatic nitrogens is 3. The van der Waals surface area contributed by atoms with Gasteiger partial charge < -0.3 is 15.2 Å². The molecule has 124 valence electrons. The first-order chi connectivity index (χ1) is 10.7. The van der Waals surface area contributed by atoms with Crippen LogP contribution in [0.3, 0.4) is 0 Å². The lowest BCUT2D eigenvalue weighted by molar-refractivity contribution is 0.607. The van der Waals surface area contributed by atoms with Crippen molar-refractivity contribution in [3.05, 3.63) is 12.2 Å². The molecule has 0 aliphatic carbocycles. The first-order valence-electron chi connectivity index (χ1n) is 8.19. The molecule has 0 aromatic carbocycles. The molecule has 1 aliphatic rings. The van der Waals surface area contributed by atoms with E-state index in [2.05, 4.69) is 46.2 Å². The number of rotatable bonds is 7. The van der Waals surface area contributed by atoms with Crippen molar-refractivity contribution in [1.29, 1.82) is 0 Å². The van der Waals surface area contributed by atoms with Gasteiger partial charge in [-0.3, -0.25) is 4.99 Å². The molecular formula is C15H28N6S. The van der Waals surface area contributed by atoms with E-state index in [0.717, 1.165) is 44.4 Å². The Balaban J connectivity index is 1.83. The molecule has 1 saturated heterocycles. The Bertz CT molecular complexity index is 478. The van der Waals surface area contributed by atoms with Gasteiger partial charge in [0.2, 0.25) is 0 Å². The maximum absolute atomic E-state index is 4.76. The number of nitrogens with one attached hydrogen (secondary N) is 2. The van der Waals surface area contributed by atoms with Crippen LogP contribution in [0.25, 0.3) is 0 Å². The SMILES string of the molecule is CCNC(=NCC1(C)CCCS1)NCCn1cnnc1CC. The van der Waals surface area contributed by atoms with Gasteiger partial charge in [0.05, 0.1) is 6.54 Å². The molecule has 1 atom stereocenters. The Kier molecular flexibility index (Phi) is 6.54. The first kappa shape index (κ1) is 17.1. The highest BCUT2D eigenvalue weighted by Gasteiger charge is 2.29. The lowest BCUT2D eigenvalue weighted by atomic mass is 10.1. The molecule has 2 N–H and O–H groups in total. The summed E-state index contributed by atoms with van der Waals surface area (Å²) >= 11 is 2.05. The summed E-state index contributed by atoms with van der Waals surface area (Å²) in [6, 6.07) is 0. The van der Waals surface area contributed by atoms with E-state index in [9.17, 15) is 0 Å². The molecule has 0 saturated carbocycles. The fourth-order valence-corrected chi connectivity index (χ4v) is 3.81. The molecule has 1 aromatic heterocycles. The number of hydrogen-bond acceptors (Lipinski definition) is 4. The van der Waals surface area contributed by atoms with Gasteiger partial charge in [-0.05, 0) is 32.4 Å². The van der Waals surface area contributed by atoms with Crippen LogP contribution in [0.2, 0.25) is 0 Å². The first-order valence-corrected chi connectivity index (χ1v) is 9.18. The molecule has 6 nitrogen and oxygen atoms in total. The minimum atomic E-state index is 0.312. The van der Waals surface area contributed by atoms with Gasteiger partial charge in [-0.1, -0.05) is 6.92 Å². The second kappa shape index (κ2) is 8.41. The summed E-state index contributed by atoms with van der Waals surface area (Å²) in [7, 11) is 0. The maximum Gasteiger partial charge on any atom is 0.191 e. The highest BCUT2D eigenvalue weighted by atomic mass is 32.2. The van der Waals surface area contributed by atoms with Gasteiger partial charge in [0.1, 0.15) is 12.2 Å². The Hall–Kier alpha value is -1.24. The molecule has 0 bridgehead atoms. The van der Waals surface area contributed by atoms with Crippen LogP contribution >= 0.6 is 11.8 Å². The fraction of sp³-hybridized carbons (Fsp3) is 0.800. The van der Waals surface area contributed by atoms with E-state index in [-0.39, 0.29) is 0 Å². The molecule has 0 amide bonds. The topological polar surface area (TPSA) is 67.1 Å². The monoisotopic (exact) mass is 324 g/mol. The molecule has 2 heterocycles. The number of aliphatic imine (C=N–C) groups is 1. The largest absolute Gasteiger partial charge is 0.357 e. The van der Waals surface area contributed by atoms with Gasteiger partial charge in [-0.2, -0.15) is 11.8 Å². The van der Waals surface area contributed by atoms with Crippen molar-refractivity contribution in [1.82, 2.24) is 25.4 Å². The molecule has 0 spiro atoms. The van der Waals surface area contributed by atoms with E-state index in [1.165, 1.54) is 18.6 Å². The van der Waals surface area contributed by atoms with Crippen molar-refractivity contribution in [3.63, 3.8) is 0 Å². The van der Waals surface area contributed by atoms with E-state index in [1.807, 2.05) is 11.8 Å². The van der Waals surface area contributed by atoms with Crippen LogP contribution in [0.5, 0.6) is 0 Å². The minimum absolute atomic E-state index is 0.312. The summed E-state index contributed by atoms with van der Waals surface area (Å²) in [6.45, 7) is 9.94. The van der Waals surface area contributed by atoms with Gasteiger partial charge in [-0.15, -0.1) is 10.2 Å². The van der Waals surface area contributed by atoms with E-state index in [4.69, 9.17) is 4.99 Å². The Morgan fingerprint density at radius 3 is 3.00 bits per heavy atom.